The first-order valence-electron chi connectivity index (χ1n) is 8.77. The van der Waals surface area contributed by atoms with Crippen molar-refractivity contribution in [3.8, 4) is 17.2 Å². The maximum absolute atomic E-state index is 12.5. The van der Waals surface area contributed by atoms with Gasteiger partial charge in [-0.2, -0.15) is 0 Å². The molecular weight excluding hydrogens is 358 g/mol. The van der Waals surface area contributed by atoms with E-state index in [0.29, 0.717) is 30.4 Å². The molecule has 3 rings (SSSR count). The van der Waals surface area contributed by atoms with Crippen molar-refractivity contribution in [2.45, 2.75) is 13.3 Å². The van der Waals surface area contributed by atoms with E-state index in [4.69, 9.17) is 14.9 Å². The summed E-state index contributed by atoms with van der Waals surface area (Å²) in [6.45, 7) is 2.19. The van der Waals surface area contributed by atoms with E-state index in [1.165, 1.54) is 19.2 Å². The number of methoxy groups -OCH3 is 1. The summed E-state index contributed by atoms with van der Waals surface area (Å²) in [4.78, 5) is 28.4. The Labute approximate surface area is 162 Å². The van der Waals surface area contributed by atoms with E-state index in [0.717, 1.165) is 11.3 Å². The third-order valence-electron chi connectivity index (χ3n) is 4.29. The molecule has 2 aromatic carbocycles. The highest BCUT2D eigenvalue weighted by Crippen LogP contribution is 2.22. The lowest BCUT2D eigenvalue weighted by molar-refractivity contribution is 0.0951. The number of carbonyl (C=O) groups is 2. The topological polar surface area (TPSA) is 107 Å². The lowest BCUT2D eigenvalue weighted by Gasteiger charge is -2.10. The fraction of sp³-hybridized carbons (Fsp3) is 0.190. The number of nitrogens with zero attached hydrogens (tertiary/aromatic N) is 1. The minimum Gasteiger partial charge on any atom is -0.496 e. The molecule has 0 aliphatic carbocycles. The molecule has 0 saturated heterocycles. The fourth-order valence-electron chi connectivity index (χ4n) is 2.79. The highest BCUT2D eigenvalue weighted by Gasteiger charge is 2.16. The summed E-state index contributed by atoms with van der Waals surface area (Å²) in [5.41, 5.74) is 7.45. The van der Waals surface area contributed by atoms with Gasteiger partial charge in [0.1, 0.15) is 11.5 Å². The molecule has 0 radical (unpaired) electrons. The number of ether oxygens (including phenoxy) is 1. The van der Waals surface area contributed by atoms with E-state index in [9.17, 15) is 9.59 Å². The van der Waals surface area contributed by atoms with Gasteiger partial charge in [-0.25, -0.2) is 4.98 Å². The predicted molar refractivity (Wildman–Crippen MR) is 104 cm³/mol. The van der Waals surface area contributed by atoms with Crippen LogP contribution in [0.1, 0.15) is 32.2 Å². The zero-order valence-corrected chi connectivity index (χ0v) is 15.7. The molecule has 7 nitrogen and oxygen atoms in total. The molecular formula is C21H21N3O4. The van der Waals surface area contributed by atoms with E-state index in [1.807, 2.05) is 37.3 Å². The van der Waals surface area contributed by atoms with Gasteiger partial charge in [0.15, 0.2) is 0 Å². The van der Waals surface area contributed by atoms with Gasteiger partial charge in [0.2, 0.25) is 11.8 Å². The third-order valence-corrected chi connectivity index (χ3v) is 4.29. The Morgan fingerprint density at radius 3 is 2.61 bits per heavy atom. The van der Waals surface area contributed by atoms with Gasteiger partial charge >= 0.3 is 0 Å². The fourth-order valence-corrected chi connectivity index (χ4v) is 2.79. The van der Waals surface area contributed by atoms with Crippen LogP contribution in [0.15, 0.2) is 52.9 Å². The van der Waals surface area contributed by atoms with Crippen molar-refractivity contribution < 1.29 is 18.7 Å². The van der Waals surface area contributed by atoms with Crippen molar-refractivity contribution in [1.29, 1.82) is 0 Å². The molecule has 0 unspecified atom stereocenters. The number of primary amides is 1. The first kappa shape index (κ1) is 19.2. The molecule has 0 fully saturated rings. The van der Waals surface area contributed by atoms with Crippen LogP contribution in [0, 0.1) is 6.92 Å². The normalized spacial score (nSPS) is 10.5. The van der Waals surface area contributed by atoms with E-state index in [2.05, 4.69) is 10.3 Å². The van der Waals surface area contributed by atoms with Gasteiger partial charge in [-0.3, -0.25) is 9.59 Å². The first-order chi connectivity index (χ1) is 13.5. The zero-order valence-electron chi connectivity index (χ0n) is 15.7. The summed E-state index contributed by atoms with van der Waals surface area (Å²) in [7, 11) is 1.46. The average Bonchev–Trinajstić information content (AvgIpc) is 3.08. The number of aromatic nitrogens is 1. The molecule has 0 aliphatic rings. The van der Waals surface area contributed by atoms with Crippen molar-refractivity contribution in [3.05, 3.63) is 71.1 Å². The Morgan fingerprint density at radius 2 is 1.93 bits per heavy atom. The maximum Gasteiger partial charge on any atom is 0.255 e. The highest BCUT2D eigenvalue weighted by molar-refractivity contribution is 6.01. The number of hydrogen-bond donors (Lipinski definition) is 2. The Morgan fingerprint density at radius 1 is 1.18 bits per heavy atom. The molecule has 7 heteroatoms. The highest BCUT2D eigenvalue weighted by atomic mass is 16.5. The van der Waals surface area contributed by atoms with E-state index < -0.39 is 5.91 Å². The monoisotopic (exact) mass is 379 g/mol. The van der Waals surface area contributed by atoms with Gasteiger partial charge in [0.05, 0.1) is 18.4 Å². The van der Waals surface area contributed by atoms with E-state index >= 15 is 0 Å². The molecule has 0 saturated carbocycles. The quantitative estimate of drug-likeness (QED) is 0.656. The molecule has 2 amide bonds. The molecule has 0 spiro atoms. The minimum atomic E-state index is -0.608. The molecule has 28 heavy (non-hydrogen) atoms. The summed E-state index contributed by atoms with van der Waals surface area (Å²) in [6, 6.07) is 14.1. The predicted octanol–water partition coefficient (Wildman–Crippen LogP) is 2.73. The van der Waals surface area contributed by atoms with Gasteiger partial charge in [-0.15, -0.1) is 0 Å². The number of carbonyl (C=O) groups excluding carboxylic acids is 2. The number of amides is 2. The summed E-state index contributed by atoms with van der Waals surface area (Å²) >= 11 is 0. The van der Waals surface area contributed by atoms with Crippen LogP contribution >= 0.6 is 0 Å². The van der Waals surface area contributed by atoms with Crippen LogP contribution in [0.5, 0.6) is 5.75 Å². The molecule has 0 bridgehead atoms. The zero-order chi connectivity index (χ0) is 20.1. The molecule has 1 aromatic heterocycles. The van der Waals surface area contributed by atoms with Crippen LogP contribution in [0.3, 0.4) is 0 Å². The summed E-state index contributed by atoms with van der Waals surface area (Å²) in [5, 5.41) is 2.81. The number of benzene rings is 2. The molecule has 3 aromatic rings. The number of nitrogens with two attached hydrogens (primary N) is 1. The average molecular weight is 379 g/mol. The maximum atomic E-state index is 12.5. The Bertz CT molecular complexity index is 996. The first-order valence-corrected chi connectivity index (χ1v) is 8.77. The van der Waals surface area contributed by atoms with Gasteiger partial charge in [-0.05, 0) is 37.3 Å². The van der Waals surface area contributed by atoms with Crippen LogP contribution in [0.2, 0.25) is 0 Å². The second-order valence-corrected chi connectivity index (χ2v) is 6.17. The summed E-state index contributed by atoms with van der Waals surface area (Å²) in [5.74, 6) is 0.663. The van der Waals surface area contributed by atoms with Crippen LogP contribution in [-0.2, 0) is 6.42 Å². The summed E-state index contributed by atoms with van der Waals surface area (Å²) in [6.07, 6.45) is 0.506. The van der Waals surface area contributed by atoms with Gasteiger partial charge in [0.25, 0.3) is 5.91 Å². The largest absolute Gasteiger partial charge is 0.496 e. The van der Waals surface area contributed by atoms with Gasteiger partial charge < -0.3 is 20.2 Å². The Kier molecular flexibility index (Phi) is 5.74. The lowest BCUT2D eigenvalue weighted by Crippen LogP contribution is -2.27. The van der Waals surface area contributed by atoms with Gasteiger partial charge in [0, 0.05) is 24.1 Å². The summed E-state index contributed by atoms with van der Waals surface area (Å²) < 4.78 is 10.9. The van der Waals surface area contributed by atoms with Crippen molar-refractivity contribution >= 4 is 11.8 Å². The number of nitrogens with one attached hydrogen (secondary N) is 1. The standard InChI is InChI=1S/C21H21N3O4/c1-13-17(24-21(28-13)14-6-4-3-5-7-14)10-11-23-20(26)16-12-15(19(22)25)8-9-18(16)27-2/h3-9,12H,10-11H2,1-2H3,(H2,22,25)(H,23,26). The van der Waals surface area contributed by atoms with Crippen LogP contribution in [0.4, 0.5) is 0 Å². The van der Waals surface area contributed by atoms with Crippen molar-refractivity contribution in [1.82, 2.24) is 10.3 Å². The minimum absolute atomic E-state index is 0.241. The van der Waals surface area contributed by atoms with Crippen LogP contribution in [-0.4, -0.2) is 30.5 Å². The van der Waals surface area contributed by atoms with Crippen LogP contribution < -0.4 is 15.8 Å². The smallest absolute Gasteiger partial charge is 0.255 e. The third kappa shape index (κ3) is 4.20. The Hall–Kier alpha value is -3.61. The molecule has 3 N–H and O–H groups in total. The second kappa shape index (κ2) is 8.39. The number of oxazole rings is 1. The van der Waals surface area contributed by atoms with Crippen molar-refractivity contribution in [3.63, 3.8) is 0 Å². The number of rotatable bonds is 7. The van der Waals surface area contributed by atoms with Gasteiger partial charge in [-0.1, -0.05) is 18.2 Å². The lowest BCUT2D eigenvalue weighted by atomic mass is 10.1. The molecule has 0 aliphatic heterocycles. The number of aryl methyl sites for hydroxylation is 1. The van der Waals surface area contributed by atoms with E-state index in [1.54, 1.807) is 6.07 Å². The molecule has 144 valence electrons. The number of hydrogen-bond acceptors (Lipinski definition) is 5. The second-order valence-electron chi connectivity index (χ2n) is 6.17. The van der Waals surface area contributed by atoms with Crippen LogP contribution in [0.25, 0.3) is 11.5 Å². The SMILES string of the molecule is COc1ccc(C(N)=O)cc1C(=O)NCCc1nc(-c2ccccc2)oc1C. The molecule has 1 heterocycles. The van der Waals surface area contributed by atoms with Crippen molar-refractivity contribution in [2.75, 3.05) is 13.7 Å². The van der Waals surface area contributed by atoms with Crippen molar-refractivity contribution in [2.24, 2.45) is 5.73 Å². The van der Waals surface area contributed by atoms with E-state index in [-0.39, 0.29) is 17.0 Å². The molecule has 0 atom stereocenters. The Balaban J connectivity index is 1.67.